The average molecular weight is 432 g/mol. The third-order valence-electron chi connectivity index (χ3n) is 3.76. The molecule has 5 nitrogen and oxygen atoms in total. The Hall–Kier alpha value is -2.58. The molecule has 0 radical (unpaired) electrons. The first-order chi connectivity index (χ1) is 12.5. The number of oxazole rings is 1. The summed E-state index contributed by atoms with van der Waals surface area (Å²) in [5.74, 6) is -0.299. The summed E-state index contributed by atoms with van der Waals surface area (Å²) in [5.41, 5.74) is 4.54. The van der Waals surface area contributed by atoms with Crippen LogP contribution in [0.2, 0.25) is 0 Å². The number of carbonyl (C=O) groups excluding carboxylic acids is 1. The Morgan fingerprint density at radius 2 is 2.12 bits per heavy atom. The maximum absolute atomic E-state index is 13.5. The molecule has 0 saturated heterocycles. The molecule has 4 aromatic rings. The van der Waals surface area contributed by atoms with Crippen molar-refractivity contribution in [2.24, 2.45) is 0 Å². The average Bonchev–Trinajstić information content (AvgIpc) is 3.22. The number of hydrogen-bond acceptors (Lipinski definition) is 5. The fourth-order valence-electron chi connectivity index (χ4n) is 2.49. The molecule has 2 heterocycles. The van der Waals surface area contributed by atoms with Crippen molar-refractivity contribution in [2.45, 2.75) is 6.92 Å². The summed E-state index contributed by atoms with van der Waals surface area (Å²) in [6, 6.07) is 9.46. The summed E-state index contributed by atoms with van der Waals surface area (Å²) in [5, 5.41) is 2.83. The van der Waals surface area contributed by atoms with Crippen LogP contribution in [0.15, 0.2) is 50.8 Å². The highest BCUT2D eigenvalue weighted by Crippen LogP contribution is 2.31. The van der Waals surface area contributed by atoms with Crippen LogP contribution >= 0.6 is 27.3 Å². The van der Waals surface area contributed by atoms with Gasteiger partial charge in [-0.2, -0.15) is 0 Å². The first kappa shape index (κ1) is 16.9. The van der Waals surface area contributed by atoms with E-state index in [9.17, 15) is 9.18 Å². The minimum Gasteiger partial charge on any atom is -0.436 e. The second-order valence-corrected chi connectivity index (χ2v) is 7.26. The van der Waals surface area contributed by atoms with E-state index in [1.165, 1.54) is 23.5 Å². The monoisotopic (exact) mass is 431 g/mol. The van der Waals surface area contributed by atoms with Crippen LogP contribution in [-0.2, 0) is 0 Å². The highest BCUT2D eigenvalue weighted by atomic mass is 79.9. The number of amides is 1. The standard InChI is InChI=1S/C18H11BrFN3O2S/c1-9-16(26-8-21-9)17(24)22-11-3-5-15-14(7-11)23-18(25-15)12-6-10(20)2-4-13(12)19/h2-8H,1H3,(H,22,24). The first-order valence-electron chi connectivity index (χ1n) is 7.59. The summed E-state index contributed by atoms with van der Waals surface area (Å²) in [4.78, 5) is 21.4. The lowest BCUT2D eigenvalue weighted by Crippen LogP contribution is -2.11. The number of anilines is 1. The van der Waals surface area contributed by atoms with Gasteiger partial charge >= 0.3 is 0 Å². The number of benzene rings is 2. The Balaban J connectivity index is 1.67. The highest BCUT2D eigenvalue weighted by molar-refractivity contribution is 9.10. The van der Waals surface area contributed by atoms with E-state index in [2.05, 4.69) is 31.2 Å². The molecule has 26 heavy (non-hydrogen) atoms. The summed E-state index contributed by atoms with van der Waals surface area (Å²) < 4.78 is 19.9. The van der Waals surface area contributed by atoms with E-state index < -0.39 is 0 Å². The van der Waals surface area contributed by atoms with Crippen molar-refractivity contribution in [3.63, 3.8) is 0 Å². The topological polar surface area (TPSA) is 68.0 Å². The maximum atomic E-state index is 13.5. The lowest BCUT2D eigenvalue weighted by atomic mass is 10.2. The number of nitrogens with one attached hydrogen (secondary N) is 1. The van der Waals surface area contributed by atoms with Crippen molar-refractivity contribution >= 4 is 50.0 Å². The van der Waals surface area contributed by atoms with Gasteiger partial charge in [0.15, 0.2) is 5.58 Å². The van der Waals surface area contributed by atoms with Crippen molar-refractivity contribution in [3.05, 3.63) is 62.8 Å². The van der Waals surface area contributed by atoms with Gasteiger partial charge in [-0.15, -0.1) is 11.3 Å². The normalized spacial score (nSPS) is 11.0. The summed E-state index contributed by atoms with van der Waals surface area (Å²) in [7, 11) is 0. The van der Waals surface area contributed by atoms with Gasteiger partial charge in [0.1, 0.15) is 16.2 Å². The smallest absolute Gasteiger partial charge is 0.267 e. The number of fused-ring (bicyclic) bond motifs is 1. The van der Waals surface area contributed by atoms with Gasteiger partial charge in [-0.3, -0.25) is 4.79 Å². The number of thiazole rings is 1. The molecule has 2 aromatic carbocycles. The Kier molecular flexibility index (Phi) is 4.29. The van der Waals surface area contributed by atoms with E-state index in [0.717, 1.165) is 0 Å². The third kappa shape index (κ3) is 3.13. The Bertz CT molecular complexity index is 1140. The maximum Gasteiger partial charge on any atom is 0.267 e. The number of rotatable bonds is 3. The minimum absolute atomic E-state index is 0.221. The van der Waals surface area contributed by atoms with Crippen LogP contribution in [0.25, 0.3) is 22.6 Å². The molecule has 0 bridgehead atoms. The molecular formula is C18H11BrFN3O2S. The SMILES string of the molecule is Cc1ncsc1C(=O)Nc1ccc2oc(-c3cc(F)ccc3Br)nc2c1. The molecular weight excluding hydrogens is 421 g/mol. The minimum atomic E-state index is -0.377. The van der Waals surface area contributed by atoms with Crippen molar-refractivity contribution in [2.75, 3.05) is 5.32 Å². The second kappa shape index (κ2) is 6.62. The summed E-state index contributed by atoms with van der Waals surface area (Å²) in [6.07, 6.45) is 0. The molecule has 4 rings (SSSR count). The molecule has 0 aliphatic heterocycles. The molecule has 2 aromatic heterocycles. The van der Waals surface area contributed by atoms with E-state index in [1.54, 1.807) is 36.7 Å². The van der Waals surface area contributed by atoms with Crippen LogP contribution in [-0.4, -0.2) is 15.9 Å². The molecule has 8 heteroatoms. The third-order valence-corrected chi connectivity index (χ3v) is 5.37. The van der Waals surface area contributed by atoms with E-state index in [-0.39, 0.29) is 11.7 Å². The molecule has 1 amide bonds. The van der Waals surface area contributed by atoms with Gasteiger partial charge in [-0.1, -0.05) is 0 Å². The van der Waals surface area contributed by atoms with Crippen molar-refractivity contribution in [1.82, 2.24) is 9.97 Å². The van der Waals surface area contributed by atoms with Crippen LogP contribution in [0.4, 0.5) is 10.1 Å². The quantitative estimate of drug-likeness (QED) is 0.470. The van der Waals surface area contributed by atoms with Gasteiger partial charge in [0.2, 0.25) is 5.89 Å². The first-order valence-corrected chi connectivity index (χ1v) is 9.26. The zero-order valence-corrected chi connectivity index (χ0v) is 15.8. The highest BCUT2D eigenvalue weighted by Gasteiger charge is 2.15. The summed E-state index contributed by atoms with van der Waals surface area (Å²) in [6.45, 7) is 1.79. The van der Waals surface area contributed by atoms with E-state index in [0.29, 0.717) is 43.3 Å². The lowest BCUT2D eigenvalue weighted by Gasteiger charge is -2.03. The van der Waals surface area contributed by atoms with Gasteiger partial charge in [-0.05, 0) is 59.3 Å². The van der Waals surface area contributed by atoms with Crippen LogP contribution in [0.1, 0.15) is 15.4 Å². The molecule has 0 unspecified atom stereocenters. The molecule has 0 atom stereocenters. The van der Waals surface area contributed by atoms with E-state index >= 15 is 0 Å². The molecule has 0 aliphatic rings. The predicted molar refractivity (Wildman–Crippen MR) is 102 cm³/mol. The van der Waals surface area contributed by atoms with E-state index in [4.69, 9.17) is 4.42 Å². The Morgan fingerprint density at radius 3 is 2.88 bits per heavy atom. The molecule has 0 fully saturated rings. The fourth-order valence-corrected chi connectivity index (χ4v) is 3.60. The largest absolute Gasteiger partial charge is 0.436 e. The fraction of sp³-hybridized carbons (Fsp3) is 0.0556. The van der Waals surface area contributed by atoms with Gasteiger partial charge in [-0.25, -0.2) is 14.4 Å². The van der Waals surface area contributed by atoms with Crippen LogP contribution in [0.5, 0.6) is 0 Å². The summed E-state index contributed by atoms with van der Waals surface area (Å²) >= 11 is 4.66. The Morgan fingerprint density at radius 1 is 1.27 bits per heavy atom. The van der Waals surface area contributed by atoms with Gasteiger partial charge in [0.05, 0.1) is 16.8 Å². The molecule has 130 valence electrons. The predicted octanol–water partition coefficient (Wildman–Crippen LogP) is 5.41. The van der Waals surface area contributed by atoms with E-state index in [1.807, 2.05) is 0 Å². The van der Waals surface area contributed by atoms with Crippen molar-refractivity contribution < 1.29 is 13.6 Å². The number of aryl methyl sites for hydroxylation is 1. The van der Waals surface area contributed by atoms with Gasteiger partial charge in [0.25, 0.3) is 5.91 Å². The zero-order valence-electron chi connectivity index (χ0n) is 13.4. The van der Waals surface area contributed by atoms with Gasteiger partial charge < -0.3 is 9.73 Å². The van der Waals surface area contributed by atoms with Gasteiger partial charge in [0, 0.05) is 10.2 Å². The van der Waals surface area contributed by atoms with Crippen molar-refractivity contribution in [3.8, 4) is 11.5 Å². The number of nitrogens with zero attached hydrogens (tertiary/aromatic N) is 2. The zero-order chi connectivity index (χ0) is 18.3. The Labute approximate surface area is 160 Å². The number of hydrogen-bond donors (Lipinski definition) is 1. The molecule has 1 N–H and O–H groups in total. The second-order valence-electron chi connectivity index (χ2n) is 5.55. The number of carbonyl (C=O) groups is 1. The van der Waals surface area contributed by atoms with Crippen LogP contribution < -0.4 is 5.32 Å². The molecule has 0 spiro atoms. The molecule has 0 aliphatic carbocycles. The van der Waals surface area contributed by atoms with Crippen molar-refractivity contribution in [1.29, 1.82) is 0 Å². The number of aromatic nitrogens is 2. The van der Waals surface area contributed by atoms with Crippen LogP contribution in [0, 0.1) is 12.7 Å². The lowest BCUT2D eigenvalue weighted by molar-refractivity contribution is 0.103. The number of halogens is 2. The van der Waals surface area contributed by atoms with Crippen LogP contribution in [0.3, 0.4) is 0 Å². The molecule has 0 saturated carbocycles.